The zero-order valence-electron chi connectivity index (χ0n) is 14.6. The minimum absolute atomic E-state index is 0.133. The number of nitrogens with one attached hydrogen (secondary N) is 1. The van der Waals surface area contributed by atoms with Gasteiger partial charge in [-0.25, -0.2) is 16.8 Å². The lowest BCUT2D eigenvalue weighted by molar-refractivity contribution is -0.114. The number of para-hydroxylation sites is 1. The van der Waals surface area contributed by atoms with E-state index in [1.807, 2.05) is 0 Å². The standard InChI is InChI=1S/C17H20N2O5S2/c1-13-6-4-5-7-16(13)19(26(3,23)24)12-17(20)18-14-8-10-15(11-9-14)25(2,21)22/h4-11H,12H2,1-3H3,(H,18,20). The summed E-state index contributed by atoms with van der Waals surface area (Å²) in [5.74, 6) is -0.536. The van der Waals surface area contributed by atoms with E-state index in [-0.39, 0.29) is 4.90 Å². The number of anilines is 2. The summed E-state index contributed by atoms with van der Waals surface area (Å²) in [5, 5.41) is 2.57. The SMILES string of the molecule is Cc1ccccc1N(CC(=O)Nc1ccc(S(C)(=O)=O)cc1)S(C)(=O)=O. The van der Waals surface area contributed by atoms with Crippen LogP contribution in [0.4, 0.5) is 11.4 Å². The van der Waals surface area contributed by atoms with E-state index in [4.69, 9.17) is 0 Å². The Labute approximate surface area is 153 Å². The summed E-state index contributed by atoms with van der Waals surface area (Å²) in [4.78, 5) is 12.4. The van der Waals surface area contributed by atoms with Crippen molar-refractivity contribution in [3.8, 4) is 0 Å². The van der Waals surface area contributed by atoms with E-state index in [0.29, 0.717) is 11.4 Å². The van der Waals surface area contributed by atoms with E-state index in [1.165, 1.54) is 24.3 Å². The lowest BCUT2D eigenvalue weighted by atomic mass is 10.2. The van der Waals surface area contributed by atoms with Gasteiger partial charge in [0.1, 0.15) is 6.54 Å². The first-order chi connectivity index (χ1) is 12.0. The van der Waals surface area contributed by atoms with Crippen molar-refractivity contribution >= 4 is 37.1 Å². The van der Waals surface area contributed by atoms with E-state index >= 15 is 0 Å². The summed E-state index contributed by atoms with van der Waals surface area (Å²) in [5.41, 5.74) is 1.53. The van der Waals surface area contributed by atoms with Crippen LogP contribution >= 0.6 is 0 Å². The molecule has 0 spiro atoms. The molecule has 0 saturated heterocycles. The van der Waals surface area contributed by atoms with E-state index in [1.54, 1.807) is 31.2 Å². The predicted molar refractivity (Wildman–Crippen MR) is 102 cm³/mol. The lowest BCUT2D eigenvalue weighted by Gasteiger charge is -2.23. The highest BCUT2D eigenvalue weighted by Crippen LogP contribution is 2.22. The second-order valence-electron chi connectivity index (χ2n) is 5.90. The number of sulfonamides is 1. The van der Waals surface area contributed by atoms with Crippen LogP contribution in [0.3, 0.4) is 0 Å². The number of rotatable bonds is 6. The van der Waals surface area contributed by atoms with Gasteiger partial charge in [0.25, 0.3) is 0 Å². The Bertz CT molecular complexity index is 1010. The van der Waals surface area contributed by atoms with Crippen molar-refractivity contribution in [3.63, 3.8) is 0 Å². The minimum atomic E-state index is -3.66. The van der Waals surface area contributed by atoms with Crippen LogP contribution in [0, 0.1) is 6.92 Å². The van der Waals surface area contributed by atoms with Crippen molar-refractivity contribution in [2.45, 2.75) is 11.8 Å². The van der Waals surface area contributed by atoms with Crippen molar-refractivity contribution in [1.82, 2.24) is 0 Å². The average Bonchev–Trinajstić information content (AvgIpc) is 2.52. The van der Waals surface area contributed by atoms with Crippen LogP contribution in [0.5, 0.6) is 0 Å². The molecule has 0 saturated carbocycles. The van der Waals surface area contributed by atoms with E-state index in [2.05, 4.69) is 5.32 Å². The summed E-state index contributed by atoms with van der Waals surface area (Å²) in [6.45, 7) is 1.37. The molecule has 26 heavy (non-hydrogen) atoms. The second-order valence-corrected chi connectivity index (χ2v) is 9.82. The Morgan fingerprint density at radius 3 is 2.04 bits per heavy atom. The molecule has 0 radical (unpaired) electrons. The zero-order chi connectivity index (χ0) is 19.5. The maximum Gasteiger partial charge on any atom is 0.245 e. The van der Waals surface area contributed by atoms with Gasteiger partial charge in [-0.05, 0) is 42.8 Å². The molecule has 9 heteroatoms. The third-order valence-electron chi connectivity index (χ3n) is 3.64. The second kappa shape index (κ2) is 7.46. The van der Waals surface area contributed by atoms with E-state index in [0.717, 1.165) is 22.4 Å². The molecule has 0 atom stereocenters. The maximum absolute atomic E-state index is 12.3. The molecule has 7 nitrogen and oxygen atoms in total. The molecule has 2 aromatic carbocycles. The van der Waals surface area contributed by atoms with Crippen LogP contribution in [0.15, 0.2) is 53.4 Å². The third-order valence-corrected chi connectivity index (χ3v) is 5.89. The lowest BCUT2D eigenvalue weighted by Crippen LogP contribution is -2.37. The fraction of sp³-hybridized carbons (Fsp3) is 0.235. The van der Waals surface area contributed by atoms with Gasteiger partial charge in [-0.15, -0.1) is 0 Å². The molecule has 2 rings (SSSR count). The van der Waals surface area contributed by atoms with Gasteiger partial charge in [0, 0.05) is 11.9 Å². The summed E-state index contributed by atoms with van der Waals surface area (Å²) in [6, 6.07) is 12.5. The number of sulfone groups is 1. The van der Waals surface area contributed by atoms with Crippen molar-refractivity contribution < 1.29 is 21.6 Å². The molecule has 1 N–H and O–H groups in total. The smallest absolute Gasteiger partial charge is 0.245 e. The highest BCUT2D eigenvalue weighted by molar-refractivity contribution is 7.92. The molecule has 0 aliphatic heterocycles. The highest BCUT2D eigenvalue weighted by Gasteiger charge is 2.22. The fourth-order valence-corrected chi connectivity index (χ4v) is 3.89. The number of carbonyl (C=O) groups excluding carboxylic acids is 1. The minimum Gasteiger partial charge on any atom is -0.325 e. The van der Waals surface area contributed by atoms with Crippen molar-refractivity contribution in [3.05, 3.63) is 54.1 Å². The molecular weight excluding hydrogens is 376 g/mol. The first-order valence-electron chi connectivity index (χ1n) is 7.62. The Kier molecular flexibility index (Phi) is 5.72. The number of hydrogen-bond acceptors (Lipinski definition) is 5. The number of amides is 1. The van der Waals surface area contributed by atoms with Gasteiger partial charge in [-0.2, -0.15) is 0 Å². The first kappa shape index (κ1) is 19.9. The number of aryl methyl sites for hydroxylation is 1. The van der Waals surface area contributed by atoms with Gasteiger partial charge in [-0.1, -0.05) is 18.2 Å². The van der Waals surface area contributed by atoms with E-state index < -0.39 is 32.3 Å². The molecule has 0 aliphatic carbocycles. The molecule has 0 bridgehead atoms. The summed E-state index contributed by atoms with van der Waals surface area (Å²) in [7, 11) is -6.99. The number of hydrogen-bond donors (Lipinski definition) is 1. The van der Waals surface area contributed by atoms with Gasteiger partial charge >= 0.3 is 0 Å². The van der Waals surface area contributed by atoms with Crippen molar-refractivity contribution in [1.29, 1.82) is 0 Å². The number of nitrogens with zero attached hydrogens (tertiary/aromatic N) is 1. The first-order valence-corrected chi connectivity index (χ1v) is 11.4. The molecule has 2 aromatic rings. The monoisotopic (exact) mass is 396 g/mol. The quantitative estimate of drug-likeness (QED) is 0.802. The van der Waals surface area contributed by atoms with Gasteiger partial charge in [0.15, 0.2) is 9.84 Å². The number of carbonyl (C=O) groups is 1. The van der Waals surface area contributed by atoms with Crippen LogP contribution in [0.25, 0.3) is 0 Å². The topological polar surface area (TPSA) is 101 Å². The van der Waals surface area contributed by atoms with Gasteiger partial charge in [-0.3, -0.25) is 9.10 Å². The third kappa shape index (κ3) is 5.06. The van der Waals surface area contributed by atoms with Gasteiger partial charge in [0.2, 0.25) is 15.9 Å². The Hall–Kier alpha value is -2.39. The zero-order valence-corrected chi connectivity index (χ0v) is 16.3. The van der Waals surface area contributed by atoms with Gasteiger partial charge in [0.05, 0.1) is 16.8 Å². The molecule has 0 unspecified atom stereocenters. The maximum atomic E-state index is 12.3. The Morgan fingerprint density at radius 1 is 0.962 bits per heavy atom. The largest absolute Gasteiger partial charge is 0.325 e. The molecule has 1 amide bonds. The van der Waals surface area contributed by atoms with E-state index in [9.17, 15) is 21.6 Å². The van der Waals surface area contributed by atoms with Crippen LogP contribution in [0.2, 0.25) is 0 Å². The fourth-order valence-electron chi connectivity index (χ4n) is 2.34. The van der Waals surface area contributed by atoms with Crippen LogP contribution in [-0.2, 0) is 24.7 Å². The summed E-state index contributed by atoms with van der Waals surface area (Å²) < 4.78 is 48.1. The Balaban J connectivity index is 2.20. The predicted octanol–water partition coefficient (Wildman–Crippen LogP) is 1.80. The molecule has 0 aromatic heterocycles. The molecule has 0 aliphatic rings. The normalized spacial score (nSPS) is 11.8. The Morgan fingerprint density at radius 2 is 1.54 bits per heavy atom. The van der Waals surface area contributed by atoms with Crippen LogP contribution in [-0.4, -0.2) is 41.8 Å². The molecule has 0 heterocycles. The van der Waals surface area contributed by atoms with Crippen LogP contribution in [0.1, 0.15) is 5.56 Å². The van der Waals surface area contributed by atoms with Crippen LogP contribution < -0.4 is 9.62 Å². The highest BCUT2D eigenvalue weighted by atomic mass is 32.2. The average molecular weight is 396 g/mol. The van der Waals surface area contributed by atoms with Crippen molar-refractivity contribution in [2.75, 3.05) is 28.7 Å². The molecule has 140 valence electrons. The molecular formula is C17H20N2O5S2. The summed E-state index contributed by atoms with van der Waals surface area (Å²) >= 11 is 0. The number of benzene rings is 2. The molecule has 0 fully saturated rings. The summed E-state index contributed by atoms with van der Waals surface area (Å²) in [6.07, 6.45) is 2.13. The van der Waals surface area contributed by atoms with Gasteiger partial charge < -0.3 is 5.32 Å². The van der Waals surface area contributed by atoms with Crippen molar-refractivity contribution in [2.24, 2.45) is 0 Å².